The highest BCUT2D eigenvalue weighted by molar-refractivity contribution is 8.24. The Kier molecular flexibility index (Phi) is 6.75. The smallest absolute Gasteiger partial charge is 0.163 e. The van der Waals surface area contributed by atoms with Crippen LogP contribution >= 0.6 is 22.2 Å². The van der Waals surface area contributed by atoms with Gasteiger partial charge in [-0.05, 0) is 36.2 Å². The fraction of sp³-hybridized carbons (Fsp3) is 0.296. The highest BCUT2D eigenvalue weighted by Crippen LogP contribution is 2.40. The Morgan fingerprint density at radius 3 is 2.63 bits per heavy atom. The number of rotatable bonds is 7. The SMILES string of the molecule is Nc1ncnc2c1c(-c1ccc3c(ccn3Cc3ccccc3Cl)c1)nn2CCCN1CCS(O)(O)CC1. The predicted octanol–water partition coefficient (Wildman–Crippen LogP) is 5.19. The molecule has 0 bridgehead atoms. The van der Waals surface area contributed by atoms with E-state index in [0.717, 1.165) is 56.7 Å². The zero-order valence-corrected chi connectivity index (χ0v) is 22.4. The number of halogens is 1. The number of benzene rings is 2. The summed E-state index contributed by atoms with van der Waals surface area (Å²) in [5, 5.41) is 7.55. The Labute approximate surface area is 227 Å². The molecule has 3 aromatic heterocycles. The van der Waals surface area contributed by atoms with Crippen LogP contribution in [0.1, 0.15) is 12.0 Å². The molecule has 198 valence electrons. The Morgan fingerprint density at radius 1 is 1.00 bits per heavy atom. The summed E-state index contributed by atoms with van der Waals surface area (Å²) in [6.45, 7) is 3.64. The van der Waals surface area contributed by atoms with Crippen LogP contribution in [-0.4, -0.2) is 69.5 Å². The molecule has 1 aliphatic heterocycles. The van der Waals surface area contributed by atoms with E-state index in [4.69, 9.17) is 22.4 Å². The number of nitrogen functional groups attached to an aromatic ring is 1. The van der Waals surface area contributed by atoms with Crippen molar-refractivity contribution in [1.82, 2.24) is 29.2 Å². The van der Waals surface area contributed by atoms with Gasteiger partial charge in [-0.1, -0.05) is 35.9 Å². The number of anilines is 1. The summed E-state index contributed by atoms with van der Waals surface area (Å²) in [6, 6.07) is 16.3. The highest BCUT2D eigenvalue weighted by Gasteiger charge is 2.22. The third-order valence-corrected chi connectivity index (χ3v) is 9.26. The molecule has 0 atom stereocenters. The second-order valence-electron chi connectivity index (χ2n) is 9.74. The first-order valence-electron chi connectivity index (χ1n) is 12.6. The maximum Gasteiger partial charge on any atom is 0.163 e. The lowest BCUT2D eigenvalue weighted by Crippen LogP contribution is -2.39. The summed E-state index contributed by atoms with van der Waals surface area (Å²) in [6.07, 6.45) is 4.42. The van der Waals surface area contributed by atoms with Crippen molar-refractivity contribution in [2.75, 3.05) is 36.9 Å². The lowest BCUT2D eigenvalue weighted by molar-refractivity contribution is 0.275. The molecule has 0 radical (unpaired) electrons. The van der Waals surface area contributed by atoms with Gasteiger partial charge in [0.15, 0.2) is 5.65 Å². The number of hydrogen-bond acceptors (Lipinski definition) is 7. The average molecular weight is 552 g/mol. The summed E-state index contributed by atoms with van der Waals surface area (Å²) in [4.78, 5) is 11.0. The molecule has 4 heterocycles. The van der Waals surface area contributed by atoms with Crippen LogP contribution in [0.4, 0.5) is 5.82 Å². The number of fused-ring (bicyclic) bond motifs is 2. The van der Waals surface area contributed by atoms with E-state index in [1.54, 1.807) is 0 Å². The van der Waals surface area contributed by atoms with Gasteiger partial charge in [-0.3, -0.25) is 9.11 Å². The van der Waals surface area contributed by atoms with Crippen molar-refractivity contribution >= 4 is 49.9 Å². The van der Waals surface area contributed by atoms with Gasteiger partial charge in [-0.2, -0.15) is 15.7 Å². The van der Waals surface area contributed by atoms with Gasteiger partial charge in [0.05, 0.1) is 16.9 Å². The molecular formula is C27H30ClN7O2S. The molecule has 1 aliphatic rings. The molecule has 4 N–H and O–H groups in total. The number of nitrogens with zero attached hydrogens (tertiary/aromatic N) is 6. The zero-order chi connectivity index (χ0) is 26.3. The van der Waals surface area contributed by atoms with Crippen LogP contribution in [0.15, 0.2) is 61.1 Å². The van der Waals surface area contributed by atoms with Crippen LogP contribution < -0.4 is 5.73 Å². The van der Waals surface area contributed by atoms with Crippen molar-refractivity contribution < 1.29 is 9.11 Å². The number of aromatic nitrogens is 5. The maximum atomic E-state index is 9.86. The van der Waals surface area contributed by atoms with E-state index in [0.29, 0.717) is 43.5 Å². The van der Waals surface area contributed by atoms with Crippen molar-refractivity contribution in [3.8, 4) is 11.3 Å². The van der Waals surface area contributed by atoms with Gasteiger partial charge in [-0.25, -0.2) is 14.6 Å². The van der Waals surface area contributed by atoms with E-state index >= 15 is 0 Å². The molecule has 5 aromatic rings. The minimum atomic E-state index is -2.38. The summed E-state index contributed by atoms with van der Waals surface area (Å²) in [5.41, 5.74) is 11.0. The van der Waals surface area contributed by atoms with E-state index in [1.165, 1.54) is 6.33 Å². The lowest BCUT2D eigenvalue weighted by atomic mass is 10.1. The van der Waals surface area contributed by atoms with E-state index in [1.807, 2.05) is 28.9 Å². The molecule has 0 spiro atoms. The van der Waals surface area contributed by atoms with Crippen molar-refractivity contribution in [1.29, 1.82) is 0 Å². The first kappa shape index (κ1) is 25.1. The standard InChI is InChI=1S/C27H30ClN7O2S/c28-22-5-2-1-4-21(22)17-34-11-8-19-16-20(6-7-23(19)34)25-24-26(29)30-18-31-27(24)35(32-25)10-3-9-33-12-14-38(36,37)15-13-33/h1-2,4-8,11,16,18,36-37H,3,9-10,12-15,17H2,(H2,29,30,31). The first-order valence-corrected chi connectivity index (χ1v) is 14.9. The van der Waals surface area contributed by atoms with Gasteiger partial charge in [0.1, 0.15) is 17.8 Å². The summed E-state index contributed by atoms with van der Waals surface area (Å²) in [5.74, 6) is 1.32. The number of nitrogens with two attached hydrogens (primary N) is 1. The highest BCUT2D eigenvalue weighted by atomic mass is 35.5. The van der Waals surface area contributed by atoms with Crippen molar-refractivity contribution in [3.63, 3.8) is 0 Å². The molecule has 9 nitrogen and oxygen atoms in total. The molecule has 0 aliphatic carbocycles. The summed E-state index contributed by atoms with van der Waals surface area (Å²) in [7, 11) is -2.38. The molecule has 6 rings (SSSR count). The molecular weight excluding hydrogens is 522 g/mol. The second kappa shape index (κ2) is 10.2. The zero-order valence-electron chi connectivity index (χ0n) is 20.9. The normalized spacial score (nSPS) is 16.8. The van der Waals surface area contributed by atoms with Crippen molar-refractivity contribution in [3.05, 3.63) is 71.6 Å². The molecule has 0 unspecified atom stereocenters. The quantitative estimate of drug-likeness (QED) is 0.255. The van der Waals surface area contributed by atoms with Crippen LogP contribution in [0.25, 0.3) is 33.2 Å². The number of hydrogen-bond donors (Lipinski definition) is 3. The summed E-state index contributed by atoms with van der Waals surface area (Å²) >= 11 is 6.39. The third-order valence-electron chi connectivity index (χ3n) is 7.21. The fourth-order valence-electron chi connectivity index (χ4n) is 5.12. The van der Waals surface area contributed by atoms with E-state index in [2.05, 4.69) is 49.9 Å². The lowest BCUT2D eigenvalue weighted by Gasteiger charge is -2.40. The molecule has 2 aromatic carbocycles. The first-order chi connectivity index (χ1) is 18.4. The van der Waals surface area contributed by atoms with E-state index in [9.17, 15) is 9.11 Å². The minimum absolute atomic E-state index is 0.411. The van der Waals surface area contributed by atoms with Crippen LogP contribution in [0.2, 0.25) is 5.02 Å². The van der Waals surface area contributed by atoms with E-state index < -0.39 is 10.6 Å². The Bertz CT molecular complexity index is 1610. The largest absolute Gasteiger partial charge is 0.383 e. The van der Waals surface area contributed by atoms with Gasteiger partial charge >= 0.3 is 0 Å². The molecule has 0 amide bonds. The second-order valence-corrected chi connectivity index (χ2v) is 12.6. The van der Waals surface area contributed by atoms with Crippen LogP contribution in [0, 0.1) is 0 Å². The van der Waals surface area contributed by atoms with Gasteiger partial charge in [-0.15, -0.1) is 0 Å². The molecule has 38 heavy (non-hydrogen) atoms. The minimum Gasteiger partial charge on any atom is -0.383 e. The summed E-state index contributed by atoms with van der Waals surface area (Å²) < 4.78 is 23.8. The Hall–Kier alpha value is -3.15. The van der Waals surface area contributed by atoms with Gasteiger partial charge in [0, 0.05) is 60.4 Å². The van der Waals surface area contributed by atoms with Crippen LogP contribution in [0.5, 0.6) is 0 Å². The van der Waals surface area contributed by atoms with Crippen LogP contribution in [0.3, 0.4) is 0 Å². The average Bonchev–Trinajstić information content (AvgIpc) is 3.48. The van der Waals surface area contributed by atoms with Crippen LogP contribution in [-0.2, 0) is 13.1 Å². The topological polar surface area (TPSA) is 118 Å². The van der Waals surface area contributed by atoms with Crippen molar-refractivity contribution in [2.24, 2.45) is 0 Å². The molecule has 1 saturated heterocycles. The maximum absolute atomic E-state index is 9.86. The Balaban J connectivity index is 1.26. The molecule has 1 fully saturated rings. The molecule has 11 heteroatoms. The third kappa shape index (κ3) is 4.97. The predicted molar refractivity (Wildman–Crippen MR) is 155 cm³/mol. The molecule has 0 saturated carbocycles. The number of aryl methyl sites for hydroxylation is 1. The monoisotopic (exact) mass is 551 g/mol. The van der Waals surface area contributed by atoms with Crippen molar-refractivity contribution in [2.45, 2.75) is 19.5 Å². The van der Waals surface area contributed by atoms with Gasteiger partial charge < -0.3 is 15.2 Å². The Morgan fingerprint density at radius 2 is 1.82 bits per heavy atom. The van der Waals surface area contributed by atoms with Gasteiger partial charge in [0.25, 0.3) is 0 Å². The van der Waals surface area contributed by atoms with E-state index in [-0.39, 0.29) is 0 Å². The van der Waals surface area contributed by atoms with Gasteiger partial charge in [0.2, 0.25) is 0 Å². The fourth-order valence-corrected chi connectivity index (χ4v) is 6.62.